The average molecular weight is 397 g/mol. The van der Waals surface area contributed by atoms with Gasteiger partial charge in [-0.3, -0.25) is 4.79 Å². The highest BCUT2D eigenvalue weighted by Gasteiger charge is 2.33. The fraction of sp³-hybridized carbons (Fsp3) is 0.636. The van der Waals surface area contributed by atoms with Gasteiger partial charge in [-0.25, -0.2) is 4.68 Å². The molecule has 1 aromatic carbocycles. The van der Waals surface area contributed by atoms with Crippen molar-refractivity contribution in [3.63, 3.8) is 0 Å². The fourth-order valence-corrected chi connectivity index (χ4v) is 4.57. The van der Waals surface area contributed by atoms with Gasteiger partial charge in [-0.05, 0) is 74.1 Å². The molecule has 29 heavy (non-hydrogen) atoms. The van der Waals surface area contributed by atoms with E-state index in [4.69, 9.17) is 0 Å². The second-order valence-corrected chi connectivity index (χ2v) is 8.58. The number of rotatable bonds is 6. The zero-order valence-corrected chi connectivity index (χ0v) is 17.4. The van der Waals surface area contributed by atoms with E-state index < -0.39 is 0 Å². The molecular formula is C22H32N6O. The summed E-state index contributed by atoms with van der Waals surface area (Å²) < 4.78 is 1.83. The molecule has 7 heteroatoms. The second-order valence-electron chi connectivity index (χ2n) is 8.58. The van der Waals surface area contributed by atoms with Gasteiger partial charge in [-0.15, -0.1) is 5.10 Å². The van der Waals surface area contributed by atoms with E-state index in [1.165, 1.54) is 5.56 Å². The molecule has 0 radical (unpaired) electrons. The number of hydrogen-bond donors (Lipinski definition) is 0. The Labute approximate surface area is 173 Å². The molecule has 0 bridgehead atoms. The number of fused-ring (bicyclic) bond motifs is 1. The average Bonchev–Trinajstić information content (AvgIpc) is 3.12. The maximum absolute atomic E-state index is 13.7. The van der Waals surface area contributed by atoms with Gasteiger partial charge < -0.3 is 9.80 Å². The van der Waals surface area contributed by atoms with Gasteiger partial charge in [0, 0.05) is 19.6 Å². The lowest BCUT2D eigenvalue weighted by Crippen LogP contribution is -2.43. The SMILES string of the molecule is CN1CCC(CN(CCc2ccccc2)C(=O)[C@H]2CCCCn3nnnc32)CC1. The minimum absolute atomic E-state index is 0.206. The first-order chi connectivity index (χ1) is 14.2. The van der Waals surface area contributed by atoms with E-state index in [-0.39, 0.29) is 11.8 Å². The molecule has 0 aliphatic carbocycles. The van der Waals surface area contributed by atoms with Crippen molar-refractivity contribution < 1.29 is 4.79 Å². The number of tetrazole rings is 1. The third-order valence-electron chi connectivity index (χ3n) is 6.42. The van der Waals surface area contributed by atoms with Crippen LogP contribution in [-0.2, 0) is 17.8 Å². The van der Waals surface area contributed by atoms with Crippen molar-refractivity contribution in [1.29, 1.82) is 0 Å². The van der Waals surface area contributed by atoms with Crippen LogP contribution in [0, 0.1) is 5.92 Å². The second kappa shape index (κ2) is 9.48. The maximum atomic E-state index is 13.7. The lowest BCUT2D eigenvalue weighted by atomic mass is 9.94. The van der Waals surface area contributed by atoms with Gasteiger partial charge in [-0.2, -0.15) is 0 Å². The highest BCUT2D eigenvalue weighted by Crippen LogP contribution is 2.27. The van der Waals surface area contributed by atoms with Crippen LogP contribution >= 0.6 is 0 Å². The summed E-state index contributed by atoms with van der Waals surface area (Å²) in [4.78, 5) is 18.2. The van der Waals surface area contributed by atoms with E-state index in [0.29, 0.717) is 5.92 Å². The Kier molecular flexibility index (Phi) is 6.54. The van der Waals surface area contributed by atoms with Crippen molar-refractivity contribution in [2.45, 2.75) is 51.0 Å². The summed E-state index contributed by atoms with van der Waals surface area (Å²) in [6.45, 7) is 4.65. The summed E-state index contributed by atoms with van der Waals surface area (Å²) in [6, 6.07) is 10.5. The summed E-state index contributed by atoms with van der Waals surface area (Å²) in [6.07, 6.45) is 6.11. The molecule has 4 rings (SSSR count). The third-order valence-corrected chi connectivity index (χ3v) is 6.42. The zero-order chi connectivity index (χ0) is 20.1. The molecular weight excluding hydrogens is 364 g/mol. The molecule has 0 N–H and O–H groups in total. The summed E-state index contributed by atoms with van der Waals surface area (Å²) >= 11 is 0. The first-order valence-electron chi connectivity index (χ1n) is 11.0. The first-order valence-corrected chi connectivity index (χ1v) is 11.0. The van der Waals surface area contributed by atoms with Crippen molar-refractivity contribution in [1.82, 2.24) is 30.0 Å². The van der Waals surface area contributed by atoms with E-state index in [9.17, 15) is 4.79 Å². The maximum Gasteiger partial charge on any atom is 0.233 e. The Morgan fingerprint density at radius 1 is 1.10 bits per heavy atom. The Morgan fingerprint density at radius 2 is 1.90 bits per heavy atom. The molecule has 0 spiro atoms. The third kappa shape index (κ3) is 5.01. The van der Waals surface area contributed by atoms with E-state index in [1.807, 2.05) is 10.7 Å². The number of aryl methyl sites for hydroxylation is 1. The number of hydrogen-bond acceptors (Lipinski definition) is 5. The van der Waals surface area contributed by atoms with Crippen molar-refractivity contribution in [3.05, 3.63) is 41.7 Å². The largest absolute Gasteiger partial charge is 0.341 e. The van der Waals surface area contributed by atoms with E-state index >= 15 is 0 Å². The Balaban J connectivity index is 1.49. The molecule has 0 unspecified atom stereocenters. The van der Waals surface area contributed by atoms with E-state index in [2.05, 4.69) is 56.6 Å². The number of carbonyl (C=O) groups excluding carboxylic acids is 1. The van der Waals surface area contributed by atoms with Gasteiger partial charge in [0.25, 0.3) is 0 Å². The highest BCUT2D eigenvalue weighted by molar-refractivity contribution is 5.83. The fourth-order valence-electron chi connectivity index (χ4n) is 4.57. The van der Waals surface area contributed by atoms with Gasteiger partial charge in [0.1, 0.15) is 0 Å². The smallest absolute Gasteiger partial charge is 0.233 e. The molecule has 156 valence electrons. The van der Waals surface area contributed by atoms with Crippen LogP contribution in [0.25, 0.3) is 0 Å². The first kappa shape index (κ1) is 20.0. The predicted molar refractivity (Wildman–Crippen MR) is 111 cm³/mol. The molecule has 3 heterocycles. The standard InChI is InChI=1S/C22H32N6O/c1-26-14-10-19(11-15-26)17-27(16-12-18-7-3-2-4-8-18)22(29)20-9-5-6-13-28-21(20)23-24-25-28/h2-4,7-8,19-20H,5-6,9-17H2,1H3/t20-/m0/s1. The van der Waals surface area contributed by atoms with Crippen LogP contribution < -0.4 is 0 Å². The van der Waals surface area contributed by atoms with Crippen LogP contribution in [0.4, 0.5) is 0 Å². The molecule has 7 nitrogen and oxygen atoms in total. The lowest BCUT2D eigenvalue weighted by molar-refractivity contribution is -0.134. The van der Waals surface area contributed by atoms with Gasteiger partial charge in [0.15, 0.2) is 5.82 Å². The van der Waals surface area contributed by atoms with Gasteiger partial charge >= 0.3 is 0 Å². The molecule has 1 fully saturated rings. The minimum atomic E-state index is -0.213. The molecule has 1 saturated heterocycles. The number of likely N-dealkylation sites (tertiary alicyclic amines) is 1. The van der Waals surface area contributed by atoms with Crippen molar-refractivity contribution in [2.24, 2.45) is 5.92 Å². The van der Waals surface area contributed by atoms with Gasteiger partial charge in [0.2, 0.25) is 5.91 Å². The number of aromatic nitrogens is 4. The monoisotopic (exact) mass is 396 g/mol. The molecule has 1 atom stereocenters. The van der Waals surface area contributed by atoms with E-state index in [1.54, 1.807) is 0 Å². The summed E-state index contributed by atoms with van der Waals surface area (Å²) in [5.41, 5.74) is 1.28. The number of amides is 1. The number of carbonyl (C=O) groups is 1. The van der Waals surface area contributed by atoms with Gasteiger partial charge in [0.05, 0.1) is 5.92 Å². The topological polar surface area (TPSA) is 67.2 Å². The summed E-state index contributed by atoms with van der Waals surface area (Å²) in [7, 11) is 2.18. The van der Waals surface area contributed by atoms with Crippen molar-refractivity contribution in [2.75, 3.05) is 33.2 Å². The van der Waals surface area contributed by atoms with Crippen LogP contribution in [0.3, 0.4) is 0 Å². The molecule has 2 aliphatic rings. The summed E-state index contributed by atoms with van der Waals surface area (Å²) in [5.74, 6) is 1.32. The molecule has 0 saturated carbocycles. The Hall–Kier alpha value is -2.28. The van der Waals surface area contributed by atoms with Crippen molar-refractivity contribution >= 4 is 5.91 Å². The Morgan fingerprint density at radius 3 is 2.69 bits per heavy atom. The number of nitrogens with zero attached hydrogens (tertiary/aromatic N) is 6. The quantitative estimate of drug-likeness (QED) is 0.750. The Bertz CT molecular complexity index is 784. The highest BCUT2D eigenvalue weighted by atomic mass is 16.2. The van der Waals surface area contributed by atoms with Crippen LogP contribution in [0.2, 0.25) is 0 Å². The normalized spacial score (nSPS) is 20.8. The molecule has 1 amide bonds. The zero-order valence-electron chi connectivity index (χ0n) is 17.4. The lowest BCUT2D eigenvalue weighted by Gasteiger charge is -2.34. The summed E-state index contributed by atoms with van der Waals surface area (Å²) in [5, 5.41) is 12.2. The molecule has 2 aromatic rings. The number of piperidine rings is 1. The van der Waals surface area contributed by atoms with Crippen molar-refractivity contribution in [3.8, 4) is 0 Å². The van der Waals surface area contributed by atoms with Crippen LogP contribution in [0.1, 0.15) is 49.4 Å². The van der Waals surface area contributed by atoms with Crippen LogP contribution in [0.15, 0.2) is 30.3 Å². The van der Waals surface area contributed by atoms with Crippen LogP contribution in [0.5, 0.6) is 0 Å². The minimum Gasteiger partial charge on any atom is -0.341 e. The van der Waals surface area contributed by atoms with Crippen LogP contribution in [-0.4, -0.2) is 69.1 Å². The molecule has 1 aromatic heterocycles. The number of benzene rings is 1. The van der Waals surface area contributed by atoms with E-state index in [0.717, 1.165) is 77.1 Å². The molecule has 2 aliphatic heterocycles. The predicted octanol–water partition coefficient (Wildman–Crippen LogP) is 2.35. The van der Waals surface area contributed by atoms with Gasteiger partial charge in [-0.1, -0.05) is 36.8 Å².